The van der Waals surface area contributed by atoms with Gasteiger partial charge in [-0.3, -0.25) is 19.4 Å². The maximum Gasteiger partial charge on any atom is 0.416 e. The quantitative estimate of drug-likeness (QED) is 0.0552. The van der Waals surface area contributed by atoms with E-state index in [1.165, 1.54) is 36.3 Å². The van der Waals surface area contributed by atoms with Crippen LogP contribution in [0.2, 0.25) is 0 Å². The zero-order chi connectivity index (χ0) is 36.6. The van der Waals surface area contributed by atoms with E-state index >= 15 is 0 Å². The van der Waals surface area contributed by atoms with Crippen molar-refractivity contribution in [2.45, 2.75) is 54.8 Å². The molecule has 0 saturated heterocycles. The summed E-state index contributed by atoms with van der Waals surface area (Å²) >= 11 is 2.30. The van der Waals surface area contributed by atoms with E-state index in [2.05, 4.69) is 15.0 Å². The van der Waals surface area contributed by atoms with Crippen LogP contribution in [0.3, 0.4) is 0 Å². The molecule has 4 rings (SSSR count). The van der Waals surface area contributed by atoms with Crippen molar-refractivity contribution in [2.75, 3.05) is 23.8 Å². The van der Waals surface area contributed by atoms with Crippen LogP contribution in [0, 0.1) is 0 Å². The highest BCUT2D eigenvalue weighted by Crippen LogP contribution is 2.39. The van der Waals surface area contributed by atoms with Crippen LogP contribution in [0.4, 0.5) is 32.0 Å². The Morgan fingerprint density at radius 1 is 0.740 bits per heavy atom. The van der Waals surface area contributed by atoms with Crippen LogP contribution in [-0.2, 0) is 31.6 Å². The lowest BCUT2D eigenvalue weighted by Gasteiger charge is -2.18. The van der Waals surface area contributed by atoms with Gasteiger partial charge in [-0.15, -0.1) is 23.5 Å². The van der Waals surface area contributed by atoms with Gasteiger partial charge >= 0.3 is 12.4 Å². The summed E-state index contributed by atoms with van der Waals surface area (Å²) in [7, 11) is 0. The van der Waals surface area contributed by atoms with Crippen LogP contribution >= 0.6 is 23.5 Å². The summed E-state index contributed by atoms with van der Waals surface area (Å²) in [4.78, 5) is 52.2. The fourth-order valence-electron chi connectivity index (χ4n) is 4.91. The fourth-order valence-corrected chi connectivity index (χ4v) is 6.81. The number of anilines is 1. The maximum atomic E-state index is 14.0. The smallest absolute Gasteiger partial charge is 0.398 e. The van der Waals surface area contributed by atoms with Crippen LogP contribution in [0.25, 0.3) is 0 Å². The number of carbonyl (C=O) groups excluding carboxylic acids is 3. The highest BCUT2D eigenvalue weighted by Gasteiger charge is 2.34. The van der Waals surface area contributed by atoms with Crippen LogP contribution in [0.5, 0.6) is 0 Å². The normalized spacial score (nSPS) is 11.8. The number of rotatable bonds is 15. The zero-order valence-electron chi connectivity index (χ0n) is 26.5. The zero-order valence-corrected chi connectivity index (χ0v) is 28.2. The average Bonchev–Trinajstić information content (AvgIpc) is 3.06. The molecule has 0 bridgehead atoms. The Kier molecular flexibility index (Phi) is 12.8. The Hall–Kier alpha value is -4.28. The fraction of sp³-hybridized carbons (Fsp3) is 0.294. The van der Waals surface area contributed by atoms with E-state index in [1.807, 2.05) is 6.92 Å². The van der Waals surface area contributed by atoms with Gasteiger partial charge in [-0.25, -0.2) is 9.97 Å². The van der Waals surface area contributed by atoms with E-state index in [4.69, 9.17) is 11.5 Å². The predicted molar refractivity (Wildman–Crippen MR) is 178 cm³/mol. The average molecular weight is 736 g/mol. The van der Waals surface area contributed by atoms with Crippen molar-refractivity contribution in [2.24, 2.45) is 5.73 Å². The van der Waals surface area contributed by atoms with E-state index in [-0.39, 0.29) is 56.5 Å². The van der Waals surface area contributed by atoms with Gasteiger partial charge in [-0.2, -0.15) is 26.3 Å². The summed E-state index contributed by atoms with van der Waals surface area (Å²) < 4.78 is 82.9. The molecule has 8 nitrogen and oxygen atoms in total. The number of carbonyl (C=O) groups is 3. The van der Waals surface area contributed by atoms with E-state index in [9.17, 15) is 40.7 Å². The maximum absolute atomic E-state index is 14.0. The van der Waals surface area contributed by atoms with Crippen LogP contribution in [-0.4, -0.2) is 50.4 Å². The Morgan fingerprint density at radius 3 is 1.76 bits per heavy atom. The van der Waals surface area contributed by atoms with Gasteiger partial charge in [0, 0.05) is 65.0 Å². The summed E-state index contributed by atoms with van der Waals surface area (Å²) in [5, 5.41) is 0. The van der Waals surface area contributed by atoms with E-state index in [0.717, 1.165) is 48.4 Å². The lowest BCUT2D eigenvalue weighted by atomic mass is 9.96. The first-order chi connectivity index (χ1) is 23.6. The number of Topliss-reactive ketones (excluding diaryl/α,β-unsaturated/α-hetero) is 3. The number of hydrogen-bond donors (Lipinski definition) is 2. The molecule has 264 valence electrons. The third-order valence-electron chi connectivity index (χ3n) is 7.18. The molecule has 4 aromatic rings. The third kappa shape index (κ3) is 9.91. The minimum Gasteiger partial charge on any atom is -0.398 e. The molecular formula is C34H31F6N5O3S2. The molecule has 0 aliphatic rings. The largest absolute Gasteiger partial charge is 0.416 e. The molecule has 2 heterocycles. The molecule has 0 aliphatic carbocycles. The molecule has 0 unspecified atom stereocenters. The van der Waals surface area contributed by atoms with E-state index in [1.54, 1.807) is 0 Å². The molecule has 50 heavy (non-hydrogen) atoms. The van der Waals surface area contributed by atoms with Crippen LogP contribution in [0.1, 0.15) is 72.5 Å². The van der Waals surface area contributed by atoms with Crippen molar-refractivity contribution in [3.63, 3.8) is 0 Å². The summed E-state index contributed by atoms with van der Waals surface area (Å²) in [6.07, 6.45) is -6.68. The van der Waals surface area contributed by atoms with Crippen molar-refractivity contribution in [1.29, 1.82) is 0 Å². The standard InChI is InChI=1S/C34H31F6N5O3S2/c1-2-7-49-32-22(11-24(15-25(32)42)34(38,39)40)14-30(48)27-16-26(44-18-45-27)29(47)13-21-10-23(33(35,36)37)9-20(31(21)50-8-5-41)12-28(46)19-4-3-6-43-17-19/h3-4,6,9-11,15-18H,2,5,7-8,12-14,41-42H2,1H3. The molecule has 0 fully saturated rings. The monoisotopic (exact) mass is 735 g/mol. The summed E-state index contributed by atoms with van der Waals surface area (Å²) in [6.45, 7) is 2.03. The molecule has 2 aromatic heterocycles. The van der Waals surface area contributed by atoms with Gasteiger partial charge in [0.05, 0.1) is 11.1 Å². The first-order valence-electron chi connectivity index (χ1n) is 15.1. The van der Waals surface area contributed by atoms with Gasteiger partial charge in [0.2, 0.25) is 0 Å². The molecule has 0 amide bonds. The van der Waals surface area contributed by atoms with Crippen molar-refractivity contribution in [3.05, 3.63) is 106 Å². The summed E-state index contributed by atoms with van der Waals surface area (Å²) in [6, 6.07) is 7.42. The van der Waals surface area contributed by atoms with Crippen molar-refractivity contribution in [1.82, 2.24) is 15.0 Å². The number of ketones is 3. The van der Waals surface area contributed by atoms with Gasteiger partial charge in [-0.05, 0) is 71.3 Å². The van der Waals surface area contributed by atoms with Gasteiger partial charge in [0.25, 0.3) is 0 Å². The SMILES string of the molecule is CCCSc1c(N)cc(C(F)(F)F)cc1CC(=O)c1cc(C(=O)Cc2cc(C(F)(F)F)cc(CC(=O)c3cccnc3)c2SCCN)ncn1. The molecule has 0 radical (unpaired) electrons. The number of nitrogens with two attached hydrogens (primary N) is 2. The minimum atomic E-state index is -4.81. The second-order valence-corrected chi connectivity index (χ2v) is 13.2. The van der Waals surface area contributed by atoms with E-state index in [0.29, 0.717) is 17.1 Å². The Labute approximate surface area is 291 Å². The Morgan fingerprint density at radius 2 is 1.26 bits per heavy atom. The van der Waals surface area contributed by atoms with Crippen molar-refractivity contribution >= 4 is 46.6 Å². The number of nitrogen functional groups attached to an aromatic ring is 1. The molecule has 0 atom stereocenters. The highest BCUT2D eigenvalue weighted by molar-refractivity contribution is 7.99. The first kappa shape index (κ1) is 38.5. The van der Waals surface area contributed by atoms with Crippen LogP contribution in [0.15, 0.2) is 71.0 Å². The molecule has 16 heteroatoms. The third-order valence-corrected chi connectivity index (χ3v) is 9.83. The highest BCUT2D eigenvalue weighted by atomic mass is 32.2. The number of thioether (sulfide) groups is 2. The number of pyridine rings is 1. The number of halogens is 6. The number of hydrogen-bond acceptors (Lipinski definition) is 10. The topological polar surface area (TPSA) is 142 Å². The summed E-state index contributed by atoms with van der Waals surface area (Å²) in [5.74, 6) is -1.17. The van der Waals surface area contributed by atoms with Crippen molar-refractivity contribution < 1.29 is 40.7 Å². The predicted octanol–water partition coefficient (Wildman–Crippen LogP) is 7.32. The Balaban J connectivity index is 1.68. The lowest BCUT2D eigenvalue weighted by molar-refractivity contribution is -0.138. The van der Waals surface area contributed by atoms with E-state index < -0.39 is 60.1 Å². The molecule has 2 aromatic carbocycles. The van der Waals surface area contributed by atoms with Gasteiger partial charge < -0.3 is 11.5 Å². The lowest BCUT2D eigenvalue weighted by Crippen LogP contribution is -2.16. The number of alkyl halides is 6. The van der Waals surface area contributed by atoms with Gasteiger partial charge in [0.15, 0.2) is 17.3 Å². The molecule has 4 N–H and O–H groups in total. The number of aromatic nitrogens is 3. The number of benzene rings is 2. The Bertz CT molecular complexity index is 1870. The summed E-state index contributed by atoms with van der Waals surface area (Å²) in [5.41, 5.74) is 9.07. The van der Waals surface area contributed by atoms with Gasteiger partial charge in [0.1, 0.15) is 17.7 Å². The van der Waals surface area contributed by atoms with Gasteiger partial charge in [-0.1, -0.05) is 6.92 Å². The molecule has 0 spiro atoms. The molecule has 0 saturated carbocycles. The molecular weight excluding hydrogens is 705 g/mol. The number of nitrogens with zero attached hydrogens (tertiary/aromatic N) is 3. The first-order valence-corrected chi connectivity index (χ1v) is 17.1. The van der Waals surface area contributed by atoms with Crippen molar-refractivity contribution in [3.8, 4) is 0 Å². The second-order valence-electron chi connectivity index (χ2n) is 11.0. The second kappa shape index (κ2) is 16.6. The molecule has 0 aliphatic heterocycles. The minimum absolute atomic E-state index is 0.0271. The van der Waals surface area contributed by atoms with Crippen LogP contribution < -0.4 is 11.5 Å².